The minimum Gasteiger partial charge on any atom is -0.307 e. The summed E-state index contributed by atoms with van der Waals surface area (Å²) in [4.78, 5) is 28.8. The quantitative estimate of drug-likeness (QED) is 0.320. The minimum absolute atomic E-state index is 0.0511. The average molecular weight is 455 g/mol. The van der Waals surface area contributed by atoms with Gasteiger partial charge in [0.1, 0.15) is 0 Å². The van der Waals surface area contributed by atoms with Crippen molar-refractivity contribution < 1.29 is 9.59 Å². The van der Waals surface area contributed by atoms with Gasteiger partial charge in [-0.05, 0) is 66.6 Å². The maximum atomic E-state index is 13.6. The number of carbonyl (C=O) groups excluding carboxylic acids is 2. The van der Waals surface area contributed by atoms with E-state index in [0.717, 1.165) is 29.6 Å². The SMILES string of the molecule is C=C/C(=C(/C(=O)CNC1CCCCC1)N(C(=O)Cc1ccsc1)C(C)=CC(=C)C)C(C)C. The lowest BCUT2D eigenvalue weighted by molar-refractivity contribution is -0.129. The number of Topliss-reactive ketones (excluding diaryl/α,β-unsaturated/α-hetero) is 1. The van der Waals surface area contributed by atoms with Crippen LogP contribution < -0.4 is 5.32 Å². The van der Waals surface area contributed by atoms with Gasteiger partial charge in [-0.3, -0.25) is 14.5 Å². The van der Waals surface area contributed by atoms with Crippen LogP contribution in [0.15, 0.2) is 64.7 Å². The van der Waals surface area contributed by atoms with E-state index in [9.17, 15) is 9.59 Å². The minimum atomic E-state index is -0.126. The molecule has 0 bridgehead atoms. The van der Waals surface area contributed by atoms with Gasteiger partial charge in [-0.1, -0.05) is 57.9 Å². The van der Waals surface area contributed by atoms with Gasteiger partial charge in [0.25, 0.3) is 0 Å². The van der Waals surface area contributed by atoms with Crippen molar-refractivity contribution in [2.24, 2.45) is 5.92 Å². The maximum absolute atomic E-state index is 13.6. The zero-order chi connectivity index (χ0) is 23.7. The summed E-state index contributed by atoms with van der Waals surface area (Å²) < 4.78 is 0. The highest BCUT2D eigenvalue weighted by Crippen LogP contribution is 2.26. The van der Waals surface area contributed by atoms with Crippen molar-refractivity contribution in [1.29, 1.82) is 0 Å². The molecule has 1 heterocycles. The molecular weight excluding hydrogens is 416 g/mol. The summed E-state index contributed by atoms with van der Waals surface area (Å²) in [7, 11) is 0. The second kappa shape index (κ2) is 12.7. The zero-order valence-corrected chi connectivity index (χ0v) is 20.9. The monoisotopic (exact) mass is 454 g/mol. The van der Waals surface area contributed by atoms with E-state index in [1.165, 1.54) is 19.3 Å². The Labute approximate surface area is 197 Å². The third-order valence-electron chi connectivity index (χ3n) is 5.75. The van der Waals surface area contributed by atoms with Crippen LogP contribution in [0.2, 0.25) is 0 Å². The van der Waals surface area contributed by atoms with Gasteiger partial charge >= 0.3 is 0 Å². The number of amides is 1. The smallest absolute Gasteiger partial charge is 0.235 e. The summed E-state index contributed by atoms with van der Waals surface area (Å²) in [6.45, 7) is 16.0. The number of nitrogens with zero attached hydrogens (tertiary/aromatic N) is 1. The predicted octanol–water partition coefficient (Wildman–Crippen LogP) is 6.19. The number of rotatable bonds is 11. The highest BCUT2D eigenvalue weighted by Gasteiger charge is 2.29. The summed E-state index contributed by atoms with van der Waals surface area (Å²) in [5, 5.41) is 7.38. The van der Waals surface area contributed by atoms with Gasteiger partial charge in [-0.15, -0.1) is 0 Å². The number of carbonyl (C=O) groups is 2. The van der Waals surface area contributed by atoms with Gasteiger partial charge in [-0.2, -0.15) is 11.3 Å². The molecule has 5 heteroatoms. The molecule has 0 radical (unpaired) electrons. The molecule has 0 aliphatic heterocycles. The molecule has 32 heavy (non-hydrogen) atoms. The van der Waals surface area contributed by atoms with Crippen molar-refractivity contribution in [3.8, 4) is 0 Å². The van der Waals surface area contributed by atoms with Crippen LogP contribution in [0.25, 0.3) is 0 Å². The van der Waals surface area contributed by atoms with Gasteiger partial charge in [0, 0.05) is 11.7 Å². The largest absolute Gasteiger partial charge is 0.307 e. The number of nitrogens with one attached hydrogen (secondary N) is 1. The van der Waals surface area contributed by atoms with E-state index in [1.807, 2.05) is 50.6 Å². The summed E-state index contributed by atoms with van der Waals surface area (Å²) in [6.07, 6.45) is 9.67. The molecule has 0 saturated heterocycles. The van der Waals surface area contributed by atoms with Crippen LogP contribution >= 0.6 is 11.3 Å². The van der Waals surface area contributed by atoms with Crippen molar-refractivity contribution in [2.45, 2.75) is 72.3 Å². The first kappa shape index (κ1) is 26.0. The molecule has 0 aromatic carbocycles. The number of ketones is 1. The molecule has 1 saturated carbocycles. The summed E-state index contributed by atoms with van der Waals surface area (Å²) in [5.74, 6) is -0.151. The molecule has 4 nitrogen and oxygen atoms in total. The van der Waals surface area contributed by atoms with Crippen LogP contribution in [0.4, 0.5) is 0 Å². The lowest BCUT2D eigenvalue weighted by Gasteiger charge is -2.30. The molecule has 1 N–H and O–H groups in total. The standard InChI is InChI=1S/C27H38N2O2S/c1-7-24(20(4)5)27(25(30)17-28-23-11-9-8-10-12-23)29(21(6)15-19(2)3)26(31)16-22-13-14-32-18-22/h7,13-15,18,20,23,28H,1-2,8-12,16-17H2,3-6H3/b21-15?,27-24+. The second-order valence-electron chi connectivity index (χ2n) is 8.97. The molecule has 1 aromatic rings. The van der Waals surface area contributed by atoms with Crippen LogP contribution in [-0.4, -0.2) is 29.2 Å². The van der Waals surface area contributed by atoms with E-state index in [4.69, 9.17) is 0 Å². The molecule has 1 amide bonds. The third-order valence-corrected chi connectivity index (χ3v) is 6.48. The van der Waals surface area contributed by atoms with Crippen LogP contribution in [0.3, 0.4) is 0 Å². The first-order valence-electron chi connectivity index (χ1n) is 11.6. The lowest BCUT2D eigenvalue weighted by atomic mass is 9.94. The first-order chi connectivity index (χ1) is 15.2. The maximum Gasteiger partial charge on any atom is 0.235 e. The molecule has 0 unspecified atom stereocenters. The highest BCUT2D eigenvalue weighted by molar-refractivity contribution is 7.08. The predicted molar refractivity (Wildman–Crippen MR) is 135 cm³/mol. The van der Waals surface area contributed by atoms with Gasteiger partial charge in [-0.25, -0.2) is 0 Å². The number of thiophene rings is 1. The Hall–Kier alpha value is -2.24. The first-order valence-corrected chi connectivity index (χ1v) is 12.5. The Kier molecular flexibility index (Phi) is 10.3. The average Bonchev–Trinajstić information content (AvgIpc) is 3.24. The molecule has 1 aliphatic rings. The van der Waals surface area contributed by atoms with Crippen LogP contribution in [0, 0.1) is 5.92 Å². The topological polar surface area (TPSA) is 49.4 Å². The van der Waals surface area contributed by atoms with Crippen molar-refractivity contribution in [2.75, 3.05) is 6.54 Å². The van der Waals surface area contributed by atoms with Gasteiger partial charge in [0.15, 0.2) is 5.78 Å². The van der Waals surface area contributed by atoms with Gasteiger partial charge < -0.3 is 5.32 Å². The van der Waals surface area contributed by atoms with E-state index in [2.05, 4.69) is 18.5 Å². The fourth-order valence-electron chi connectivity index (χ4n) is 4.21. The second-order valence-corrected chi connectivity index (χ2v) is 9.75. The summed E-state index contributed by atoms with van der Waals surface area (Å²) in [5.41, 5.74) is 3.68. The van der Waals surface area contributed by atoms with Crippen molar-refractivity contribution in [3.05, 3.63) is 70.2 Å². The lowest BCUT2D eigenvalue weighted by Crippen LogP contribution is -2.41. The van der Waals surface area contributed by atoms with Crippen molar-refractivity contribution in [3.63, 3.8) is 0 Å². The molecule has 174 valence electrons. The van der Waals surface area contributed by atoms with E-state index in [0.29, 0.717) is 17.4 Å². The highest BCUT2D eigenvalue weighted by atomic mass is 32.1. The van der Waals surface area contributed by atoms with Crippen molar-refractivity contribution in [1.82, 2.24) is 10.2 Å². The Bertz CT molecular complexity index is 871. The molecule has 1 aromatic heterocycles. The van der Waals surface area contributed by atoms with Crippen LogP contribution in [0.1, 0.15) is 65.4 Å². The van der Waals surface area contributed by atoms with E-state index < -0.39 is 0 Å². The van der Waals surface area contributed by atoms with Gasteiger partial charge in [0.05, 0.1) is 18.7 Å². The normalized spacial score (nSPS) is 16.0. The fourth-order valence-corrected chi connectivity index (χ4v) is 4.88. The fraction of sp³-hybridized carbons (Fsp3) is 0.481. The van der Waals surface area contributed by atoms with Crippen LogP contribution in [-0.2, 0) is 16.0 Å². The molecule has 2 rings (SSSR count). The van der Waals surface area contributed by atoms with E-state index in [-0.39, 0.29) is 30.6 Å². The molecular formula is C27H38N2O2S. The third kappa shape index (κ3) is 7.42. The van der Waals surface area contributed by atoms with Gasteiger partial charge in [0.2, 0.25) is 5.91 Å². The Morgan fingerprint density at radius 3 is 2.47 bits per heavy atom. The van der Waals surface area contributed by atoms with E-state index in [1.54, 1.807) is 22.3 Å². The van der Waals surface area contributed by atoms with Crippen molar-refractivity contribution >= 4 is 23.0 Å². The zero-order valence-electron chi connectivity index (χ0n) is 20.1. The Morgan fingerprint density at radius 1 is 1.25 bits per heavy atom. The number of hydrogen-bond donors (Lipinski definition) is 1. The molecule has 1 aliphatic carbocycles. The van der Waals surface area contributed by atoms with Crippen LogP contribution in [0.5, 0.6) is 0 Å². The Balaban J connectivity index is 2.45. The van der Waals surface area contributed by atoms with E-state index >= 15 is 0 Å². The molecule has 0 atom stereocenters. The number of hydrogen-bond acceptors (Lipinski definition) is 4. The Morgan fingerprint density at radius 2 is 1.94 bits per heavy atom. The molecule has 1 fully saturated rings. The summed E-state index contributed by atoms with van der Waals surface area (Å²) in [6, 6.07) is 2.31. The summed E-state index contributed by atoms with van der Waals surface area (Å²) >= 11 is 1.56. The number of allylic oxidation sites excluding steroid dienone is 5. The molecule has 0 spiro atoms.